The average Bonchev–Trinajstić information content (AvgIpc) is 3.18. The van der Waals surface area contributed by atoms with Crippen molar-refractivity contribution in [2.75, 3.05) is 17.2 Å². The summed E-state index contributed by atoms with van der Waals surface area (Å²) in [6.07, 6.45) is 5.25. The second kappa shape index (κ2) is 11.0. The van der Waals surface area contributed by atoms with E-state index in [1.165, 1.54) is 26.4 Å². The lowest BCUT2D eigenvalue weighted by atomic mass is 10.1. The van der Waals surface area contributed by atoms with E-state index in [0.717, 1.165) is 19.3 Å². The molecule has 0 aliphatic rings. The number of aromatic nitrogens is 4. The Hall–Kier alpha value is -3.69. The van der Waals surface area contributed by atoms with E-state index < -0.39 is 23.0 Å². The first-order chi connectivity index (χ1) is 16.3. The molecule has 0 bridgehead atoms. The van der Waals surface area contributed by atoms with Gasteiger partial charge in [-0.05, 0) is 31.9 Å². The molecule has 10 heteroatoms. The molecule has 1 aromatic carbocycles. The minimum Gasteiger partial charge on any atom is -0.383 e. The van der Waals surface area contributed by atoms with Gasteiger partial charge in [0.2, 0.25) is 0 Å². The van der Waals surface area contributed by atoms with Crippen LogP contribution >= 0.6 is 0 Å². The lowest BCUT2D eigenvalue weighted by Crippen LogP contribution is -2.41. The number of carbonyl (C=O) groups is 1. The molecule has 1 amide bonds. The topological polar surface area (TPSA) is 119 Å². The Labute approximate surface area is 197 Å². The number of amides is 1. The Morgan fingerprint density at radius 2 is 1.85 bits per heavy atom. The van der Waals surface area contributed by atoms with Gasteiger partial charge in [0.15, 0.2) is 5.69 Å². The molecule has 0 spiro atoms. The second-order valence-corrected chi connectivity index (χ2v) is 8.17. The zero-order valence-corrected chi connectivity index (χ0v) is 19.8. The van der Waals surface area contributed by atoms with Crippen molar-refractivity contribution in [1.82, 2.24) is 19.3 Å². The van der Waals surface area contributed by atoms with Crippen molar-refractivity contribution in [3.63, 3.8) is 0 Å². The number of carbonyl (C=O) groups excluding carboxylic acids is 1. The van der Waals surface area contributed by atoms with Gasteiger partial charge >= 0.3 is 5.69 Å². The van der Waals surface area contributed by atoms with Crippen molar-refractivity contribution in [2.24, 2.45) is 0 Å². The number of aromatic amines is 1. The summed E-state index contributed by atoms with van der Waals surface area (Å²) in [6.45, 7) is 6.22. The van der Waals surface area contributed by atoms with Crippen molar-refractivity contribution in [1.29, 1.82) is 0 Å². The summed E-state index contributed by atoms with van der Waals surface area (Å²) >= 11 is 0. The molecule has 34 heavy (non-hydrogen) atoms. The SMILES string of the molecule is CCCCCN(C(=O)c1cnn(-c2ccccc2F)c1C)c1c(N)n(CCCC)c(=O)[nH]c1=O. The molecule has 3 rings (SSSR count). The lowest BCUT2D eigenvalue weighted by Gasteiger charge is -2.24. The van der Waals surface area contributed by atoms with Crippen molar-refractivity contribution < 1.29 is 9.18 Å². The third-order valence-corrected chi connectivity index (χ3v) is 5.77. The molecule has 3 N–H and O–H groups in total. The Balaban J connectivity index is 2.10. The predicted molar refractivity (Wildman–Crippen MR) is 130 cm³/mol. The number of nitrogens with zero attached hydrogens (tertiary/aromatic N) is 4. The molecule has 0 unspecified atom stereocenters. The molecular formula is C24H31FN6O3. The predicted octanol–water partition coefficient (Wildman–Crippen LogP) is 3.39. The zero-order chi connectivity index (χ0) is 24.8. The summed E-state index contributed by atoms with van der Waals surface area (Å²) in [5.74, 6) is -1.02. The first kappa shape index (κ1) is 24.9. The zero-order valence-electron chi connectivity index (χ0n) is 19.8. The Morgan fingerprint density at radius 1 is 1.15 bits per heavy atom. The highest BCUT2D eigenvalue weighted by molar-refractivity contribution is 6.07. The van der Waals surface area contributed by atoms with E-state index in [-0.39, 0.29) is 29.3 Å². The van der Waals surface area contributed by atoms with Gasteiger partial charge in [-0.1, -0.05) is 45.2 Å². The van der Waals surface area contributed by atoms with Gasteiger partial charge in [0.25, 0.3) is 11.5 Å². The fraction of sp³-hybridized carbons (Fsp3) is 0.417. The maximum atomic E-state index is 14.3. The molecule has 0 saturated carbocycles. The van der Waals surface area contributed by atoms with Gasteiger partial charge in [0.05, 0.1) is 17.5 Å². The largest absolute Gasteiger partial charge is 0.383 e. The molecule has 0 atom stereocenters. The third kappa shape index (κ3) is 4.95. The van der Waals surface area contributed by atoms with Crippen LogP contribution in [0, 0.1) is 12.7 Å². The highest BCUT2D eigenvalue weighted by atomic mass is 19.1. The Morgan fingerprint density at radius 3 is 2.53 bits per heavy atom. The third-order valence-electron chi connectivity index (χ3n) is 5.77. The van der Waals surface area contributed by atoms with E-state index in [0.29, 0.717) is 25.1 Å². The van der Waals surface area contributed by atoms with E-state index in [1.807, 2.05) is 13.8 Å². The number of hydrogen-bond acceptors (Lipinski definition) is 5. The van der Waals surface area contributed by atoms with Crippen LogP contribution in [0.4, 0.5) is 15.9 Å². The fourth-order valence-electron chi connectivity index (χ4n) is 3.84. The maximum absolute atomic E-state index is 14.3. The van der Waals surface area contributed by atoms with Crippen molar-refractivity contribution in [2.45, 2.75) is 59.4 Å². The van der Waals surface area contributed by atoms with Gasteiger partial charge < -0.3 is 10.6 Å². The number of para-hydroxylation sites is 1. The van der Waals surface area contributed by atoms with E-state index in [9.17, 15) is 18.8 Å². The van der Waals surface area contributed by atoms with Crippen LogP contribution in [0.5, 0.6) is 0 Å². The first-order valence-electron chi connectivity index (χ1n) is 11.6. The van der Waals surface area contributed by atoms with Crippen molar-refractivity contribution >= 4 is 17.4 Å². The number of benzene rings is 1. The Bertz CT molecular complexity index is 1280. The van der Waals surface area contributed by atoms with E-state index in [4.69, 9.17) is 5.73 Å². The summed E-state index contributed by atoms with van der Waals surface area (Å²) in [5.41, 5.74) is 5.73. The summed E-state index contributed by atoms with van der Waals surface area (Å²) in [5, 5.41) is 4.21. The number of nitrogens with one attached hydrogen (secondary N) is 1. The summed E-state index contributed by atoms with van der Waals surface area (Å²) in [4.78, 5) is 42.5. The number of H-pyrrole nitrogens is 1. The summed E-state index contributed by atoms with van der Waals surface area (Å²) in [7, 11) is 0. The standard InChI is InChI=1S/C24H31FN6O3/c1-4-6-10-14-29(20-21(26)30(13-7-5-2)24(34)28-22(20)32)23(33)17-15-27-31(16(17)3)19-12-9-8-11-18(19)25/h8-9,11-12,15H,4-7,10,13-14,26H2,1-3H3,(H,28,32,34). The molecule has 9 nitrogen and oxygen atoms in total. The van der Waals surface area contributed by atoms with E-state index >= 15 is 0 Å². The first-order valence-corrected chi connectivity index (χ1v) is 11.6. The Kier molecular flexibility index (Phi) is 8.04. The summed E-state index contributed by atoms with van der Waals surface area (Å²) in [6, 6.07) is 6.13. The second-order valence-electron chi connectivity index (χ2n) is 8.17. The van der Waals surface area contributed by atoms with Crippen LogP contribution in [-0.4, -0.2) is 31.8 Å². The lowest BCUT2D eigenvalue weighted by molar-refractivity contribution is 0.0985. The van der Waals surface area contributed by atoms with Crippen LogP contribution in [0.1, 0.15) is 62.0 Å². The molecule has 0 radical (unpaired) electrons. The number of nitrogen functional groups attached to an aromatic ring is 1. The normalized spacial score (nSPS) is 11.1. The minimum absolute atomic E-state index is 0.0498. The highest BCUT2D eigenvalue weighted by Crippen LogP contribution is 2.23. The van der Waals surface area contributed by atoms with Gasteiger partial charge in [0.1, 0.15) is 17.3 Å². The molecule has 3 aromatic rings. The van der Waals surface area contributed by atoms with Gasteiger partial charge in [0, 0.05) is 13.1 Å². The van der Waals surface area contributed by atoms with Crippen molar-refractivity contribution in [3.8, 4) is 5.69 Å². The number of rotatable bonds is 10. The smallest absolute Gasteiger partial charge is 0.330 e. The summed E-state index contributed by atoms with van der Waals surface area (Å²) < 4.78 is 17.0. The average molecular weight is 471 g/mol. The molecule has 0 fully saturated rings. The number of nitrogens with two attached hydrogens (primary N) is 1. The minimum atomic E-state index is -0.723. The van der Waals surface area contributed by atoms with E-state index in [1.54, 1.807) is 25.1 Å². The van der Waals surface area contributed by atoms with Crippen LogP contribution in [0.2, 0.25) is 0 Å². The quantitative estimate of drug-likeness (QED) is 0.440. The van der Waals surface area contributed by atoms with Crippen LogP contribution in [0.15, 0.2) is 40.1 Å². The van der Waals surface area contributed by atoms with Gasteiger partial charge in [-0.2, -0.15) is 5.10 Å². The van der Waals surface area contributed by atoms with Crippen LogP contribution in [0.3, 0.4) is 0 Å². The van der Waals surface area contributed by atoms with Gasteiger partial charge in [-0.3, -0.25) is 19.1 Å². The molecule has 0 aliphatic heterocycles. The van der Waals surface area contributed by atoms with Gasteiger partial charge in [-0.25, -0.2) is 13.9 Å². The van der Waals surface area contributed by atoms with E-state index in [2.05, 4.69) is 10.1 Å². The number of halogens is 1. The molecule has 2 heterocycles. The van der Waals surface area contributed by atoms with Crippen LogP contribution in [0.25, 0.3) is 5.69 Å². The molecule has 0 aliphatic carbocycles. The fourth-order valence-corrected chi connectivity index (χ4v) is 3.84. The van der Waals surface area contributed by atoms with Crippen molar-refractivity contribution in [3.05, 3.63) is 68.4 Å². The number of hydrogen-bond donors (Lipinski definition) is 2. The molecular weight excluding hydrogens is 439 g/mol. The highest BCUT2D eigenvalue weighted by Gasteiger charge is 2.28. The monoisotopic (exact) mass is 470 g/mol. The molecule has 2 aromatic heterocycles. The van der Waals surface area contributed by atoms with Crippen LogP contribution < -0.4 is 21.9 Å². The maximum Gasteiger partial charge on any atom is 0.330 e. The van der Waals surface area contributed by atoms with Crippen LogP contribution in [-0.2, 0) is 6.54 Å². The van der Waals surface area contributed by atoms with Gasteiger partial charge in [-0.15, -0.1) is 0 Å². The number of anilines is 2. The molecule has 0 saturated heterocycles. The number of unbranched alkanes of at least 4 members (excludes halogenated alkanes) is 3. The molecule has 182 valence electrons.